The number of carboxylic acids is 1. The number of nitriles is 2. The number of aliphatic carboxylic acids is 1. The Morgan fingerprint density at radius 2 is 0.882 bits per heavy atom. The molecule has 0 saturated carbocycles. The monoisotopic (exact) mass is 1590 g/mol. The van der Waals surface area contributed by atoms with Crippen LogP contribution < -0.4 is 94.4 Å². The average molecular weight is 1590 g/mol. The minimum Gasteiger partial charge on any atom is -1.00 e. The molecule has 0 spiro atoms. The molecule has 0 unspecified atom stereocenters. The molecule has 0 aliphatic carbocycles. The van der Waals surface area contributed by atoms with Crippen molar-refractivity contribution in [2.75, 3.05) is 98.7 Å². The summed E-state index contributed by atoms with van der Waals surface area (Å²) < 4.78 is 15.7. The summed E-state index contributed by atoms with van der Waals surface area (Å²) in [6.07, 6.45) is 20.6. The van der Waals surface area contributed by atoms with Crippen molar-refractivity contribution in [2.24, 2.45) is 0 Å². The fraction of sp³-hybridized carbons (Fsp3) is 0.625. The zero-order valence-corrected chi connectivity index (χ0v) is 68.8. The van der Waals surface area contributed by atoms with Gasteiger partial charge in [-0.1, -0.05) is 117 Å². The van der Waals surface area contributed by atoms with Gasteiger partial charge in [0.2, 0.25) is 0 Å². The maximum atomic E-state index is 11.3. The summed E-state index contributed by atoms with van der Waals surface area (Å²) in [5.74, 6) is -0.883. The molecule has 7 rings (SSSR count). The number of hydrogen-bond donors (Lipinski definition) is 1. The molecule has 0 aromatic heterocycles. The van der Waals surface area contributed by atoms with Crippen LogP contribution in [0.3, 0.4) is 0 Å². The largest absolute Gasteiger partial charge is 1.00 e. The first kappa shape index (κ1) is 109. The third-order valence-corrected chi connectivity index (χ3v) is 17.1. The van der Waals surface area contributed by atoms with E-state index in [4.69, 9.17) is 96.5 Å². The molecule has 4 heterocycles. The van der Waals surface area contributed by atoms with Gasteiger partial charge in [0.1, 0.15) is 13.1 Å². The summed E-state index contributed by atoms with van der Waals surface area (Å²) >= 11 is 44.7. The number of ether oxygens (including phenoxy) is 3. The third-order valence-electron chi connectivity index (χ3n) is 14.5. The van der Waals surface area contributed by atoms with Gasteiger partial charge in [-0.05, 0) is 158 Å². The smallest absolute Gasteiger partial charge is 1.00 e. The molecule has 93 heavy (non-hydrogen) atoms. The number of esters is 3. The molecule has 16 nitrogen and oxygen atoms in total. The molecule has 0 amide bonds. The molecule has 4 N–H and O–H groups in total. The van der Waals surface area contributed by atoms with E-state index in [9.17, 15) is 24.3 Å². The number of methoxy groups -OCH3 is 3. The summed E-state index contributed by atoms with van der Waals surface area (Å²) in [6.45, 7) is 16.9. The number of alkyl halides is 2. The molecule has 3 aromatic carbocycles. The summed E-state index contributed by atoms with van der Waals surface area (Å²) in [4.78, 5) is 45.6. The summed E-state index contributed by atoms with van der Waals surface area (Å²) in [7, 11) is 4.29. The standard InChI is InChI=1S/C17H24Cl2NO2.C16H21Cl2NO2.C10H19NO2.C7H5Cl3.C5H9BrO2.C5H11N.2C2H3N.3ClH.2Na.2H2O/c1-22-17(21)6-5-11-20(9-3-2-4-10-20)13-14-7-8-15(18)12-16(14)19;17-14-7-6-13(15(18)11-14)12-19(8-2-1-3-9-19)10-4-5-16(20)21;1-13-10(12)6-5-9-11-7-3-2-4-8-11;8-4-5-1-2-6(9)3-7(5)10;1-8-5(7)3-2-4-6;1-2-4-6-5-3-1;2*1-2-3;;;;;;;/h7-8,12H,2-6,9-11,13H2,1H3;6-7,11H,1-5,8-10,12H2;2-9H2,1H3;1-3H,4H2;2-4H2,1H3;6H,1-5H2;2*1H3;3*1H;;;2*1H2/q+1;;;;;;;;;;;2*+1;;/p-3. The molecule has 29 heteroatoms. The summed E-state index contributed by atoms with van der Waals surface area (Å²) in [6, 6.07) is 20.1. The zero-order valence-electron chi connectivity index (χ0n) is 55.6. The molecule has 0 radical (unpaired) electrons. The predicted octanol–water partition coefficient (Wildman–Crippen LogP) is 3.22. The van der Waals surface area contributed by atoms with Crippen LogP contribution in [-0.4, -0.2) is 147 Å². The summed E-state index contributed by atoms with van der Waals surface area (Å²) in [5.41, 5.74) is 3.15. The minimum absolute atomic E-state index is 0. The molecular formula is C64H99BrCl10N6Na2O10. The third kappa shape index (κ3) is 56.0. The number of benzene rings is 3. The van der Waals surface area contributed by atoms with Crippen LogP contribution in [0.2, 0.25) is 30.1 Å². The maximum absolute atomic E-state index is 11.3. The molecule has 0 bridgehead atoms. The Kier molecular flexibility index (Phi) is 81.9. The topological polar surface area (TPSA) is 243 Å². The molecule has 4 aliphatic rings. The van der Waals surface area contributed by atoms with Gasteiger partial charge in [-0.15, -0.1) is 24.0 Å². The van der Waals surface area contributed by atoms with Gasteiger partial charge in [-0.2, -0.15) is 10.5 Å². The number of halogens is 11. The van der Waals surface area contributed by atoms with Gasteiger partial charge in [-0.3, -0.25) is 14.4 Å². The van der Waals surface area contributed by atoms with E-state index in [2.05, 4.69) is 35.6 Å². The number of likely N-dealkylation sites (tertiary alicyclic amines) is 3. The number of piperidine rings is 4. The fourth-order valence-electron chi connectivity index (χ4n) is 10.0. The molecule has 0 atom stereocenters. The normalized spacial score (nSPS) is 14.2. The van der Waals surface area contributed by atoms with E-state index in [1.54, 1.807) is 30.3 Å². The summed E-state index contributed by atoms with van der Waals surface area (Å²) in [5, 5.41) is 33.4. The number of carbonyl (C=O) groups is 4. The first-order valence-electron chi connectivity index (χ1n) is 29.8. The number of carbonyl (C=O) groups excluding carboxylic acids is 4. The Morgan fingerprint density at radius 3 is 1.18 bits per heavy atom. The molecule has 524 valence electrons. The van der Waals surface area contributed by atoms with Gasteiger partial charge in [0.25, 0.3) is 0 Å². The number of nitrogens with zero attached hydrogens (tertiary/aromatic N) is 5. The van der Waals surface area contributed by atoms with E-state index in [0.717, 1.165) is 114 Å². The maximum Gasteiger partial charge on any atom is 1.00 e. The molecular weight excluding hydrogens is 1490 g/mol. The van der Waals surface area contributed by atoms with E-state index < -0.39 is 5.97 Å². The van der Waals surface area contributed by atoms with Gasteiger partial charge in [-0.25, -0.2) is 0 Å². The first-order chi connectivity index (χ1) is 41.2. The van der Waals surface area contributed by atoms with Crippen molar-refractivity contribution in [3.63, 3.8) is 0 Å². The van der Waals surface area contributed by atoms with Crippen molar-refractivity contribution in [1.29, 1.82) is 10.5 Å². The zero-order chi connectivity index (χ0) is 64.4. The molecule has 4 aliphatic heterocycles. The van der Waals surface area contributed by atoms with E-state index >= 15 is 0 Å². The second-order valence-corrected chi connectivity index (χ2v) is 24.8. The number of nitrogens with one attached hydrogen (secondary N) is 1. The average Bonchev–Trinajstić information content (AvgIpc) is 1.55. The Hall–Kier alpha value is -0.340. The number of carboxylic acid groups (broad SMARTS) is 1. The quantitative estimate of drug-likeness (QED) is 0.0563. The number of quaternary nitrogens is 2. The first-order valence-corrected chi connectivity index (χ1v) is 33.8. The van der Waals surface area contributed by atoms with Crippen LogP contribution in [-0.2, 0) is 52.4 Å². The van der Waals surface area contributed by atoms with Gasteiger partial charge in [0, 0.05) is 87.9 Å². The van der Waals surface area contributed by atoms with Gasteiger partial charge >= 0.3 is 77.0 Å². The van der Waals surface area contributed by atoms with Crippen molar-refractivity contribution in [3.05, 3.63) is 101 Å². The Bertz CT molecular complexity index is 2420. The van der Waals surface area contributed by atoms with E-state index in [-0.39, 0.29) is 132 Å². The van der Waals surface area contributed by atoms with Gasteiger partial charge in [0.05, 0.1) is 89.2 Å². The van der Waals surface area contributed by atoms with Crippen molar-refractivity contribution in [3.8, 4) is 12.1 Å². The van der Waals surface area contributed by atoms with E-state index in [1.807, 2.05) is 36.4 Å². The van der Waals surface area contributed by atoms with Crippen molar-refractivity contribution >= 4 is 133 Å². The van der Waals surface area contributed by atoms with Gasteiger partial charge < -0.3 is 79.1 Å². The predicted molar refractivity (Wildman–Crippen MR) is 368 cm³/mol. The van der Waals surface area contributed by atoms with Crippen LogP contribution in [0.15, 0.2) is 54.6 Å². The number of hydrogen-bond acceptors (Lipinski definition) is 13. The van der Waals surface area contributed by atoms with Crippen LogP contribution >= 0.6 is 110 Å². The van der Waals surface area contributed by atoms with Crippen LogP contribution in [0.4, 0.5) is 0 Å². The van der Waals surface area contributed by atoms with Crippen molar-refractivity contribution < 1.29 is 142 Å². The van der Waals surface area contributed by atoms with Crippen molar-refractivity contribution in [2.45, 2.75) is 161 Å². The van der Waals surface area contributed by atoms with Crippen LogP contribution in [0.25, 0.3) is 0 Å². The van der Waals surface area contributed by atoms with Crippen LogP contribution in [0.5, 0.6) is 0 Å². The van der Waals surface area contributed by atoms with Gasteiger partial charge in [0.15, 0.2) is 0 Å². The Morgan fingerprint density at radius 1 is 0.559 bits per heavy atom. The second kappa shape index (κ2) is 70.1. The SMILES string of the molecule is C1CCNCC1.CC#N.CC#N.COC(=O)CCCBr.COC(=O)CCCN1CCCCC1.COC(=O)CCC[N+]1(Cc2ccc(Cl)cc2Cl)CCCCC1.Cl.ClCc1ccc(Cl)cc1Cl.O.O=C([O-])CCC[N+]1(Cc2ccc(Cl)cc2Cl)CCCCC1.[Cl-].[Cl-].[Na+].[Na+].[OH-]. The van der Waals surface area contributed by atoms with Crippen molar-refractivity contribution in [1.82, 2.24) is 10.2 Å². The van der Waals surface area contributed by atoms with E-state index in [1.165, 1.54) is 138 Å². The fourth-order valence-corrected chi connectivity index (χ4v) is 12.0. The van der Waals surface area contributed by atoms with Crippen LogP contribution in [0, 0.1) is 22.7 Å². The number of rotatable bonds is 20. The second-order valence-electron chi connectivity index (χ2n) is 21.2. The van der Waals surface area contributed by atoms with Crippen LogP contribution in [0.1, 0.15) is 159 Å². The van der Waals surface area contributed by atoms with E-state index in [0.29, 0.717) is 56.7 Å². The minimum atomic E-state index is -0.963. The molecule has 3 aromatic rings. The molecule has 4 saturated heterocycles. The Labute approximate surface area is 662 Å². The molecule has 4 fully saturated rings. The Balaban J connectivity index is -0.000000157.